The molecule has 0 aromatic carbocycles. The molecule has 1 aliphatic rings. The maximum Gasteiger partial charge on any atom is 0.0461 e. The highest BCUT2D eigenvalue weighted by molar-refractivity contribution is 4.98. The Morgan fingerprint density at radius 3 is 2.50 bits per heavy atom. The third-order valence-corrected chi connectivity index (χ3v) is 4.24. The fourth-order valence-electron chi connectivity index (χ4n) is 3.60. The summed E-state index contributed by atoms with van der Waals surface area (Å²) in [5.41, 5.74) is 6.34. The predicted molar refractivity (Wildman–Crippen MR) is 78.9 cm³/mol. The van der Waals surface area contributed by atoms with Gasteiger partial charge in [0.15, 0.2) is 0 Å². The van der Waals surface area contributed by atoms with Crippen LogP contribution in [-0.2, 0) is 0 Å². The fourth-order valence-corrected chi connectivity index (χ4v) is 3.60. The molecule has 0 amide bonds. The molecule has 2 N–H and O–H groups in total. The van der Waals surface area contributed by atoms with Crippen molar-refractivity contribution in [3.05, 3.63) is 0 Å². The van der Waals surface area contributed by atoms with Crippen LogP contribution in [0.1, 0.15) is 26.7 Å². The fraction of sp³-hybridized carbons (Fsp3) is 1.00. The Bertz CT molecular complexity index is 244. The Morgan fingerprint density at radius 2 is 2.06 bits per heavy atom. The predicted octanol–water partition coefficient (Wildman–Crippen LogP) is 0.682. The molecule has 2 unspecified atom stereocenters. The summed E-state index contributed by atoms with van der Waals surface area (Å²) in [4.78, 5) is 7.33. The van der Waals surface area contributed by atoms with Gasteiger partial charge in [0.05, 0.1) is 0 Å². The van der Waals surface area contributed by atoms with Crippen molar-refractivity contribution in [2.45, 2.75) is 38.3 Å². The van der Waals surface area contributed by atoms with Crippen LogP contribution in [0.4, 0.5) is 0 Å². The molecule has 2 atom stereocenters. The van der Waals surface area contributed by atoms with Crippen LogP contribution in [0.5, 0.6) is 0 Å². The van der Waals surface area contributed by atoms with E-state index >= 15 is 0 Å². The molecule has 18 heavy (non-hydrogen) atoms. The van der Waals surface area contributed by atoms with Crippen molar-refractivity contribution in [1.82, 2.24) is 14.7 Å². The van der Waals surface area contributed by atoms with Crippen LogP contribution in [0, 0.1) is 0 Å². The monoisotopic (exact) mass is 256 g/mol. The minimum absolute atomic E-state index is 0.178. The Kier molecular flexibility index (Phi) is 6.05. The molecule has 1 aliphatic heterocycles. The molecular weight excluding hydrogens is 224 g/mol. The number of likely N-dealkylation sites (N-methyl/N-ethyl adjacent to an activating group) is 3. The lowest BCUT2D eigenvalue weighted by molar-refractivity contribution is -0.00261. The van der Waals surface area contributed by atoms with E-state index < -0.39 is 0 Å². The number of piperidine rings is 1. The summed E-state index contributed by atoms with van der Waals surface area (Å²) in [6.45, 7) is 9.85. The van der Waals surface area contributed by atoms with Gasteiger partial charge in [-0.05, 0) is 54.0 Å². The zero-order chi connectivity index (χ0) is 13.8. The smallest absolute Gasteiger partial charge is 0.0461 e. The Hall–Kier alpha value is -0.160. The van der Waals surface area contributed by atoms with Crippen LogP contribution in [-0.4, -0.2) is 80.1 Å². The van der Waals surface area contributed by atoms with Gasteiger partial charge in [0, 0.05) is 31.2 Å². The number of likely N-dealkylation sites (tertiary alicyclic amines) is 1. The first-order valence-corrected chi connectivity index (χ1v) is 7.25. The number of nitrogens with zero attached hydrogens (tertiary/aromatic N) is 3. The molecule has 0 aromatic heterocycles. The second kappa shape index (κ2) is 6.85. The van der Waals surface area contributed by atoms with Gasteiger partial charge in [-0.15, -0.1) is 0 Å². The van der Waals surface area contributed by atoms with Gasteiger partial charge in [0.1, 0.15) is 0 Å². The minimum Gasteiger partial charge on any atom is -0.329 e. The molecule has 1 heterocycles. The molecule has 1 rings (SSSR count). The quantitative estimate of drug-likeness (QED) is 0.758. The SMILES string of the molecule is CCN(C(C)CN(C)C)C1(CN)CCCN(C)C1. The summed E-state index contributed by atoms with van der Waals surface area (Å²) in [6.07, 6.45) is 2.50. The van der Waals surface area contributed by atoms with Crippen LogP contribution in [0.15, 0.2) is 0 Å². The highest BCUT2D eigenvalue weighted by Crippen LogP contribution is 2.28. The molecule has 4 heteroatoms. The maximum absolute atomic E-state index is 6.16. The van der Waals surface area contributed by atoms with Gasteiger partial charge in [-0.3, -0.25) is 4.90 Å². The molecule has 1 fully saturated rings. The summed E-state index contributed by atoms with van der Waals surface area (Å²) < 4.78 is 0. The average Bonchev–Trinajstić information content (AvgIpc) is 2.28. The third-order valence-electron chi connectivity index (χ3n) is 4.24. The van der Waals surface area contributed by atoms with Crippen molar-refractivity contribution in [3.63, 3.8) is 0 Å². The third kappa shape index (κ3) is 3.67. The van der Waals surface area contributed by atoms with Gasteiger partial charge >= 0.3 is 0 Å². The summed E-state index contributed by atoms with van der Waals surface area (Å²) in [7, 11) is 6.51. The van der Waals surface area contributed by atoms with Gasteiger partial charge < -0.3 is 15.5 Å². The first-order valence-electron chi connectivity index (χ1n) is 7.25. The minimum atomic E-state index is 0.178. The lowest BCUT2D eigenvalue weighted by Crippen LogP contribution is -2.65. The Morgan fingerprint density at radius 1 is 1.39 bits per heavy atom. The molecular formula is C14H32N4. The van der Waals surface area contributed by atoms with Gasteiger partial charge in [0.2, 0.25) is 0 Å². The number of hydrogen-bond donors (Lipinski definition) is 1. The largest absolute Gasteiger partial charge is 0.329 e. The highest BCUT2D eigenvalue weighted by atomic mass is 15.3. The first kappa shape index (κ1) is 15.9. The lowest BCUT2D eigenvalue weighted by atomic mass is 9.86. The molecule has 0 bridgehead atoms. The van der Waals surface area contributed by atoms with Crippen LogP contribution >= 0.6 is 0 Å². The maximum atomic E-state index is 6.16. The van der Waals surface area contributed by atoms with Crippen LogP contribution in [0.2, 0.25) is 0 Å². The van der Waals surface area contributed by atoms with Crippen molar-refractivity contribution in [3.8, 4) is 0 Å². The zero-order valence-electron chi connectivity index (χ0n) is 12.9. The second-order valence-electron chi connectivity index (χ2n) is 6.17. The number of nitrogens with two attached hydrogens (primary N) is 1. The van der Waals surface area contributed by atoms with Gasteiger partial charge in [-0.1, -0.05) is 6.92 Å². The van der Waals surface area contributed by atoms with E-state index in [-0.39, 0.29) is 5.54 Å². The van der Waals surface area contributed by atoms with E-state index in [1.807, 2.05) is 0 Å². The molecule has 1 saturated heterocycles. The molecule has 4 nitrogen and oxygen atoms in total. The van der Waals surface area contributed by atoms with E-state index in [0.29, 0.717) is 6.04 Å². The Labute approximate surface area is 113 Å². The van der Waals surface area contributed by atoms with E-state index in [2.05, 4.69) is 49.7 Å². The summed E-state index contributed by atoms with van der Waals surface area (Å²) in [5, 5.41) is 0. The highest BCUT2D eigenvalue weighted by Gasteiger charge is 2.39. The van der Waals surface area contributed by atoms with E-state index in [9.17, 15) is 0 Å². The molecule has 0 aromatic rings. The normalized spacial score (nSPS) is 28.0. The van der Waals surface area contributed by atoms with Crippen LogP contribution in [0.25, 0.3) is 0 Å². The standard InChI is InChI=1S/C14H32N4/c1-6-18(13(2)10-16(3)4)14(11-15)8-7-9-17(5)12-14/h13H,6-12,15H2,1-5H3. The van der Waals surface area contributed by atoms with Gasteiger partial charge in [-0.25, -0.2) is 0 Å². The van der Waals surface area contributed by atoms with E-state index in [1.54, 1.807) is 0 Å². The molecule has 108 valence electrons. The van der Waals surface area contributed by atoms with Crippen molar-refractivity contribution in [2.75, 3.05) is 53.9 Å². The van der Waals surface area contributed by atoms with Gasteiger partial charge in [-0.2, -0.15) is 0 Å². The lowest BCUT2D eigenvalue weighted by Gasteiger charge is -2.51. The summed E-state index contributed by atoms with van der Waals surface area (Å²) >= 11 is 0. The van der Waals surface area contributed by atoms with Crippen LogP contribution < -0.4 is 5.73 Å². The molecule has 0 saturated carbocycles. The van der Waals surface area contributed by atoms with Crippen molar-refractivity contribution < 1.29 is 0 Å². The molecule has 0 aliphatic carbocycles. The van der Waals surface area contributed by atoms with E-state index in [4.69, 9.17) is 5.73 Å². The number of rotatable bonds is 6. The topological polar surface area (TPSA) is 35.7 Å². The van der Waals surface area contributed by atoms with E-state index in [1.165, 1.54) is 19.4 Å². The average molecular weight is 256 g/mol. The molecule has 0 radical (unpaired) electrons. The van der Waals surface area contributed by atoms with Crippen molar-refractivity contribution in [2.24, 2.45) is 5.73 Å². The zero-order valence-corrected chi connectivity index (χ0v) is 12.9. The van der Waals surface area contributed by atoms with Crippen LogP contribution in [0.3, 0.4) is 0 Å². The summed E-state index contributed by atoms with van der Waals surface area (Å²) in [6, 6.07) is 0.556. The van der Waals surface area contributed by atoms with E-state index in [0.717, 1.165) is 26.2 Å². The number of hydrogen-bond acceptors (Lipinski definition) is 4. The van der Waals surface area contributed by atoms with Crippen molar-refractivity contribution >= 4 is 0 Å². The van der Waals surface area contributed by atoms with Crippen molar-refractivity contribution in [1.29, 1.82) is 0 Å². The summed E-state index contributed by atoms with van der Waals surface area (Å²) in [5.74, 6) is 0. The van der Waals surface area contributed by atoms with Gasteiger partial charge in [0.25, 0.3) is 0 Å². The Balaban J connectivity index is 2.81. The second-order valence-corrected chi connectivity index (χ2v) is 6.17. The molecule has 0 spiro atoms. The first-order chi connectivity index (χ1) is 8.45.